The minimum Gasteiger partial charge on any atom is -0.120 e. The van der Waals surface area contributed by atoms with Crippen LogP contribution in [-0.2, 0) is 6.42 Å². The molecule has 0 amide bonds. The average molecular weight is 1360 g/mol. The lowest BCUT2D eigenvalue weighted by atomic mass is 9.84. The normalized spacial score (nSPS) is 11.9. The van der Waals surface area contributed by atoms with E-state index in [1.165, 1.54) is 107 Å². The molecule has 2 aromatic carbocycles. The van der Waals surface area contributed by atoms with Gasteiger partial charge < -0.3 is 0 Å². The Kier molecular flexibility index (Phi) is 101. The van der Waals surface area contributed by atoms with Crippen molar-refractivity contribution in [3.05, 3.63) is 84.4 Å². The Hall–Kier alpha value is -2.26. The minimum atomic E-state index is 0.500. The van der Waals surface area contributed by atoms with Gasteiger partial charge in [-0.1, -0.05) is 429 Å². The summed E-state index contributed by atoms with van der Waals surface area (Å²) in [4.78, 5) is 0. The molecule has 0 aliphatic heterocycles. The molecule has 2 saturated carbocycles. The molecule has 2 aromatic rings. The third kappa shape index (κ3) is 162. The van der Waals surface area contributed by atoms with Crippen LogP contribution >= 0.6 is 0 Å². The number of benzene rings is 2. The van der Waals surface area contributed by atoms with Crippen LogP contribution in [0.4, 0.5) is 0 Å². The van der Waals surface area contributed by atoms with Crippen molar-refractivity contribution in [1.82, 2.24) is 0 Å². The molecule has 0 spiro atoms. The van der Waals surface area contributed by atoms with E-state index in [-0.39, 0.29) is 0 Å². The standard InChI is InChI=1S/C10H14.C9H12.C8H18.C7H14.3C7H16.C6H12.2C6H14.C6H12.C6H10.C5H12.C4H10.C3H8/c1-9(2)8-10-6-4-3-5-7-10;1-8(2)9-6-4-3-5-7-9;1-7(2)6-8(3,4)5;1-6(2)5-7-3-4-7;1-6(2)7(3,4)5;1-6(2)5-7(3)4;1-4-5-6-7(2)3;1-5(2)6-3-4-6;1-5(2)6(3)4;3*1-4-5-6(2)3;1-4-5(2)3;1-4(2)3;1-3-2/h3-7,9H,8H2,1-2H3;3-8H,1-2H3;7H,6H2,1-5H3;6-7H,3-5H2,1-2H3;6H,1-5H3;6-7H,5H2,1-4H3;7H,4-6H2,1-3H3;5-6H,3-4H2,1-2H3;5-6H,1-4H3;6H,4-5H2,1-3H3;4,6H,1,5H2,2-3H3;1,6H,5H2,2-3H3;5H,4H2,1-3H3;4H,1-3H3;3H2,1-2H3. The zero-order valence-corrected chi connectivity index (χ0v) is 76.5. The van der Waals surface area contributed by atoms with E-state index in [0.29, 0.717) is 22.7 Å². The number of hydrogen-bond acceptors (Lipinski definition) is 0. The largest absolute Gasteiger partial charge is 0.120 e. The van der Waals surface area contributed by atoms with E-state index >= 15 is 0 Å². The van der Waals surface area contributed by atoms with Crippen molar-refractivity contribution in [2.45, 2.75) is 420 Å². The first-order valence-electron chi connectivity index (χ1n) is 41.4. The van der Waals surface area contributed by atoms with Crippen LogP contribution in [0.2, 0.25) is 0 Å². The lowest BCUT2D eigenvalue weighted by Crippen LogP contribution is -2.12. The van der Waals surface area contributed by atoms with Gasteiger partial charge in [-0.25, -0.2) is 0 Å². The zero-order valence-electron chi connectivity index (χ0n) is 76.5. The molecule has 2 aliphatic carbocycles. The van der Waals surface area contributed by atoms with Crippen LogP contribution < -0.4 is 0 Å². The predicted octanol–water partition coefficient (Wildman–Crippen LogP) is 35.2. The van der Waals surface area contributed by atoms with Crippen molar-refractivity contribution >= 4 is 0 Å². The van der Waals surface area contributed by atoms with E-state index in [4.69, 9.17) is 6.42 Å². The van der Waals surface area contributed by atoms with Crippen LogP contribution in [0.5, 0.6) is 0 Å². The topological polar surface area (TPSA) is 0 Å². The van der Waals surface area contributed by atoms with Gasteiger partial charge in [0.05, 0.1) is 0 Å². The Morgan fingerprint density at radius 2 is 0.835 bits per heavy atom. The van der Waals surface area contributed by atoms with Crippen LogP contribution in [0, 0.1) is 124 Å². The number of allylic oxidation sites excluding steroid dienone is 1. The second-order valence-corrected chi connectivity index (χ2v) is 37.2. The van der Waals surface area contributed by atoms with Crippen molar-refractivity contribution in [2.24, 2.45) is 111 Å². The van der Waals surface area contributed by atoms with Crippen molar-refractivity contribution < 1.29 is 0 Å². The van der Waals surface area contributed by atoms with E-state index in [1.54, 1.807) is 0 Å². The molecule has 4 rings (SSSR count). The van der Waals surface area contributed by atoms with Crippen molar-refractivity contribution in [3.8, 4) is 12.3 Å². The predicted molar refractivity (Wildman–Crippen MR) is 466 cm³/mol. The summed E-state index contributed by atoms with van der Waals surface area (Å²) in [6, 6.07) is 21.1. The van der Waals surface area contributed by atoms with Crippen molar-refractivity contribution in [2.75, 3.05) is 0 Å². The molecule has 0 heterocycles. The van der Waals surface area contributed by atoms with E-state index in [0.717, 1.165) is 108 Å². The summed E-state index contributed by atoms with van der Waals surface area (Å²) in [5.74, 6) is 18.2. The first-order chi connectivity index (χ1) is 44.3. The zero-order chi connectivity index (χ0) is 79.1. The molecule has 0 radical (unpaired) electrons. The van der Waals surface area contributed by atoms with Crippen LogP contribution in [-0.4, -0.2) is 0 Å². The molecular formula is C97H198. The molecule has 0 saturated heterocycles. The van der Waals surface area contributed by atoms with Crippen LogP contribution in [0.15, 0.2) is 73.3 Å². The molecule has 0 unspecified atom stereocenters. The number of rotatable bonds is 19. The smallest absolute Gasteiger partial charge is 0.0109 e. The highest BCUT2D eigenvalue weighted by atomic mass is 14.3. The fourth-order valence-corrected chi connectivity index (χ4v) is 7.63. The SMILES string of the molecule is C#CCC(C)C.C=CCC(C)C.CC(C)C.CC(C)C(C)(C)C.CC(C)C(C)C.CC(C)C1CC1.CC(C)CC(C)(C)C.CC(C)CC(C)C.CC(C)CC1CC1.CC(C)Cc1ccccc1.CC(C)c1ccccc1.CCC.CCC(C)C.CCCC(C)C.CCCCC(C)C. The Bertz CT molecular complexity index is 1660. The fourth-order valence-electron chi connectivity index (χ4n) is 7.63. The van der Waals surface area contributed by atoms with Gasteiger partial charge in [0.1, 0.15) is 0 Å². The van der Waals surface area contributed by atoms with Crippen LogP contribution in [0.1, 0.15) is 424 Å². The number of unbranched alkanes of at least 4 members (excludes halogenated alkanes) is 1. The molecule has 2 fully saturated rings. The first-order valence-corrected chi connectivity index (χ1v) is 41.4. The highest BCUT2D eigenvalue weighted by molar-refractivity contribution is 5.17. The summed E-state index contributed by atoms with van der Waals surface area (Å²) in [5, 5.41) is 0. The molecule has 0 heteroatoms. The summed E-state index contributed by atoms with van der Waals surface area (Å²) in [6.45, 7) is 102. The molecule has 0 nitrogen and oxygen atoms in total. The van der Waals surface area contributed by atoms with E-state index in [9.17, 15) is 0 Å². The maximum Gasteiger partial charge on any atom is 0.0109 e. The second kappa shape index (κ2) is 82.7. The monoisotopic (exact) mass is 1360 g/mol. The van der Waals surface area contributed by atoms with Gasteiger partial charge in [-0.15, -0.1) is 18.9 Å². The summed E-state index contributed by atoms with van der Waals surface area (Å²) in [7, 11) is 0. The van der Waals surface area contributed by atoms with Gasteiger partial charge in [0.15, 0.2) is 0 Å². The van der Waals surface area contributed by atoms with Gasteiger partial charge in [0, 0.05) is 6.42 Å². The molecule has 97 heavy (non-hydrogen) atoms. The van der Waals surface area contributed by atoms with Gasteiger partial charge in [0.25, 0.3) is 0 Å². The number of hydrogen-bond donors (Lipinski definition) is 0. The van der Waals surface area contributed by atoms with E-state index in [1.807, 2.05) is 12.1 Å². The van der Waals surface area contributed by atoms with Gasteiger partial charge in [-0.05, 0) is 173 Å². The quantitative estimate of drug-likeness (QED) is 0.0971. The van der Waals surface area contributed by atoms with E-state index < -0.39 is 0 Å². The summed E-state index contributed by atoms with van der Waals surface area (Å²) in [6.07, 6.45) is 29.8. The Labute approximate surface area is 624 Å². The van der Waals surface area contributed by atoms with Gasteiger partial charge in [-0.3, -0.25) is 0 Å². The molecule has 2 aliphatic rings. The Balaban J connectivity index is -0.0000000914. The molecule has 0 bridgehead atoms. The lowest BCUT2D eigenvalue weighted by Gasteiger charge is -2.22. The average Bonchev–Trinajstić information content (AvgIpc) is 2.32. The highest BCUT2D eigenvalue weighted by Gasteiger charge is 2.24. The number of terminal acetylenes is 1. The summed E-state index contributed by atoms with van der Waals surface area (Å²) < 4.78 is 0. The molecular weight excluding hydrogens is 1170 g/mol. The van der Waals surface area contributed by atoms with Crippen molar-refractivity contribution in [3.63, 3.8) is 0 Å². The van der Waals surface area contributed by atoms with Crippen molar-refractivity contribution in [1.29, 1.82) is 0 Å². The summed E-state index contributed by atoms with van der Waals surface area (Å²) in [5.41, 5.74) is 3.88. The van der Waals surface area contributed by atoms with Gasteiger partial charge in [0.2, 0.25) is 0 Å². The molecule has 586 valence electrons. The highest BCUT2D eigenvalue weighted by Crippen LogP contribution is 2.36. The second-order valence-electron chi connectivity index (χ2n) is 37.2. The first kappa shape index (κ1) is 119. The van der Waals surface area contributed by atoms with E-state index in [2.05, 4.69) is 372 Å². The minimum absolute atomic E-state index is 0.500. The molecule has 0 aromatic heterocycles. The fraction of sp³-hybridized carbons (Fsp3) is 0.835. The third-order valence-corrected chi connectivity index (χ3v) is 15.0. The van der Waals surface area contributed by atoms with Gasteiger partial charge >= 0.3 is 0 Å². The molecule has 0 atom stereocenters. The molecule has 0 N–H and O–H groups in total. The Morgan fingerprint density at radius 3 is 0.928 bits per heavy atom. The maximum atomic E-state index is 4.98. The van der Waals surface area contributed by atoms with Crippen LogP contribution in [0.3, 0.4) is 0 Å². The van der Waals surface area contributed by atoms with Gasteiger partial charge in [-0.2, -0.15) is 0 Å². The summed E-state index contributed by atoms with van der Waals surface area (Å²) >= 11 is 0. The lowest BCUT2D eigenvalue weighted by molar-refractivity contribution is 0.283. The third-order valence-electron chi connectivity index (χ3n) is 15.0. The Morgan fingerprint density at radius 1 is 0.464 bits per heavy atom. The maximum absolute atomic E-state index is 4.98. The van der Waals surface area contributed by atoms with Crippen LogP contribution in [0.25, 0.3) is 0 Å².